The Bertz CT molecular complexity index is 1410. The first-order valence-corrected chi connectivity index (χ1v) is 13.4. The van der Waals surface area contributed by atoms with Crippen molar-refractivity contribution < 1.29 is 13.2 Å². The first-order valence-electron chi connectivity index (χ1n) is 11.0. The number of sulfonamides is 1. The number of aromatic nitrogens is 1. The molecule has 7 heteroatoms. The number of fused-ring (bicyclic) bond motifs is 3. The zero-order chi connectivity index (χ0) is 22.8. The van der Waals surface area contributed by atoms with Crippen LogP contribution in [0.4, 0.5) is 5.69 Å². The van der Waals surface area contributed by atoms with Gasteiger partial charge in [0.25, 0.3) is 10.0 Å². The third-order valence-corrected chi connectivity index (χ3v) is 8.34. The minimum Gasteiger partial charge on any atom is -0.283 e. The number of aryl methyl sites for hydroxylation is 1. The van der Waals surface area contributed by atoms with Gasteiger partial charge in [-0.05, 0) is 73.7 Å². The minimum absolute atomic E-state index is 0.0770. The summed E-state index contributed by atoms with van der Waals surface area (Å²) >= 11 is 1.46. The van der Waals surface area contributed by atoms with Crippen LogP contribution in [0.5, 0.6) is 0 Å². The first-order chi connectivity index (χ1) is 16.0. The van der Waals surface area contributed by atoms with Crippen LogP contribution in [0.3, 0.4) is 0 Å². The molecule has 0 radical (unpaired) electrons. The summed E-state index contributed by atoms with van der Waals surface area (Å²) in [6.45, 7) is 0. The number of anilines is 1. The van der Waals surface area contributed by atoms with E-state index in [1.807, 2.05) is 34.9 Å². The molecule has 0 aliphatic heterocycles. The topological polar surface area (TPSA) is 68.2 Å². The molecule has 0 atom stereocenters. The van der Waals surface area contributed by atoms with Crippen molar-refractivity contribution in [3.8, 4) is 0 Å². The van der Waals surface area contributed by atoms with Gasteiger partial charge < -0.3 is 0 Å². The Hall–Kier alpha value is -3.03. The van der Waals surface area contributed by atoms with Crippen LogP contribution in [-0.2, 0) is 22.9 Å². The molecule has 0 spiro atoms. The summed E-state index contributed by atoms with van der Waals surface area (Å²) in [4.78, 5) is 14.4. The fraction of sp³-hybridized carbons (Fsp3) is 0.192. The highest BCUT2D eigenvalue weighted by Gasteiger charge is 2.23. The van der Waals surface area contributed by atoms with Crippen molar-refractivity contribution in [2.75, 3.05) is 10.5 Å². The number of rotatable bonds is 6. The van der Waals surface area contributed by atoms with E-state index in [0.29, 0.717) is 11.4 Å². The van der Waals surface area contributed by atoms with Crippen molar-refractivity contribution in [3.63, 3.8) is 0 Å². The molecule has 1 aliphatic carbocycles. The van der Waals surface area contributed by atoms with Crippen LogP contribution in [0.15, 0.2) is 88.7 Å². The predicted octanol–water partition coefficient (Wildman–Crippen LogP) is 5.75. The fourth-order valence-electron chi connectivity index (χ4n) is 4.42. The van der Waals surface area contributed by atoms with Gasteiger partial charge in [0.1, 0.15) is 0 Å². The smallest absolute Gasteiger partial charge is 0.261 e. The molecule has 1 aliphatic rings. The van der Waals surface area contributed by atoms with Crippen molar-refractivity contribution >= 4 is 44.3 Å². The minimum atomic E-state index is -3.63. The van der Waals surface area contributed by atoms with Crippen LogP contribution < -0.4 is 4.72 Å². The SMILES string of the molecule is O=C(CSc1ccc(NS(=O)(=O)c2ccccc2)cc1)n1c2c(c3ccccc31)CCCC2. The Labute approximate surface area is 197 Å². The largest absolute Gasteiger partial charge is 0.283 e. The Morgan fingerprint density at radius 1 is 0.879 bits per heavy atom. The van der Waals surface area contributed by atoms with Crippen LogP contribution in [0.2, 0.25) is 0 Å². The molecule has 0 fully saturated rings. The van der Waals surface area contributed by atoms with E-state index in [0.717, 1.165) is 29.7 Å². The fourth-order valence-corrected chi connectivity index (χ4v) is 6.25. The Balaban J connectivity index is 1.29. The average Bonchev–Trinajstić information content (AvgIpc) is 3.18. The molecule has 0 unspecified atom stereocenters. The third kappa shape index (κ3) is 4.43. The lowest BCUT2D eigenvalue weighted by atomic mass is 9.96. The predicted molar refractivity (Wildman–Crippen MR) is 134 cm³/mol. The maximum atomic E-state index is 13.2. The molecule has 1 aromatic heterocycles. The number of para-hydroxylation sites is 1. The number of carbonyl (C=O) groups is 1. The van der Waals surface area contributed by atoms with Gasteiger partial charge in [-0.2, -0.15) is 0 Å². The van der Waals surface area contributed by atoms with Crippen molar-refractivity contribution in [3.05, 3.63) is 90.1 Å². The van der Waals surface area contributed by atoms with Crippen molar-refractivity contribution in [1.82, 2.24) is 4.57 Å². The molecule has 0 saturated carbocycles. The van der Waals surface area contributed by atoms with Gasteiger partial charge in [-0.15, -0.1) is 11.8 Å². The monoisotopic (exact) mass is 476 g/mol. The van der Waals surface area contributed by atoms with Gasteiger partial charge in [-0.25, -0.2) is 8.42 Å². The molecule has 0 bridgehead atoms. The second-order valence-electron chi connectivity index (χ2n) is 8.11. The standard InChI is InChI=1S/C26H24N2O3S2/c29-26(28-24-12-6-4-10-22(24)23-11-5-7-13-25(23)28)18-32-20-16-14-19(15-17-20)27-33(30,31)21-8-2-1-3-9-21/h1-4,6,8-10,12,14-17,27H,5,7,11,13,18H2. The highest BCUT2D eigenvalue weighted by atomic mass is 32.2. The number of nitrogens with one attached hydrogen (secondary N) is 1. The zero-order valence-electron chi connectivity index (χ0n) is 18.0. The van der Waals surface area contributed by atoms with Crippen LogP contribution in [0.1, 0.15) is 28.9 Å². The van der Waals surface area contributed by atoms with Gasteiger partial charge in [0, 0.05) is 21.7 Å². The van der Waals surface area contributed by atoms with E-state index < -0.39 is 10.0 Å². The van der Waals surface area contributed by atoms with E-state index in [-0.39, 0.29) is 10.8 Å². The summed E-state index contributed by atoms with van der Waals surface area (Å²) in [6.07, 6.45) is 4.26. The number of carbonyl (C=O) groups excluding carboxylic acids is 1. The van der Waals surface area contributed by atoms with Gasteiger partial charge in [0.15, 0.2) is 0 Å². The van der Waals surface area contributed by atoms with E-state index in [9.17, 15) is 13.2 Å². The van der Waals surface area contributed by atoms with E-state index in [2.05, 4.69) is 10.8 Å². The summed E-state index contributed by atoms with van der Waals surface area (Å²) in [7, 11) is -3.63. The number of benzene rings is 3. The molecular formula is C26H24N2O3S2. The maximum Gasteiger partial charge on any atom is 0.261 e. The van der Waals surface area contributed by atoms with E-state index in [1.165, 1.54) is 34.8 Å². The first kappa shape index (κ1) is 21.8. The molecule has 1 heterocycles. The lowest BCUT2D eigenvalue weighted by molar-refractivity contribution is 0.0943. The van der Waals surface area contributed by atoms with Crippen molar-refractivity contribution in [2.45, 2.75) is 35.5 Å². The van der Waals surface area contributed by atoms with E-state index in [1.54, 1.807) is 42.5 Å². The molecule has 1 N–H and O–H groups in total. The molecule has 0 amide bonds. The summed E-state index contributed by atoms with van der Waals surface area (Å²) in [5.74, 6) is 0.397. The van der Waals surface area contributed by atoms with Crippen molar-refractivity contribution in [1.29, 1.82) is 0 Å². The summed E-state index contributed by atoms with van der Waals surface area (Å²) in [5, 5.41) is 1.20. The molecule has 168 valence electrons. The maximum absolute atomic E-state index is 13.2. The average molecular weight is 477 g/mol. The van der Waals surface area contributed by atoms with Gasteiger partial charge in [-0.3, -0.25) is 14.1 Å². The molecule has 5 nitrogen and oxygen atoms in total. The Kier molecular flexibility index (Phi) is 6.00. The highest BCUT2D eigenvalue weighted by Crippen LogP contribution is 2.33. The van der Waals surface area contributed by atoms with Crippen LogP contribution in [0.25, 0.3) is 10.9 Å². The number of hydrogen-bond donors (Lipinski definition) is 1. The summed E-state index contributed by atoms with van der Waals surface area (Å²) in [6, 6.07) is 23.6. The van der Waals surface area contributed by atoms with E-state index in [4.69, 9.17) is 0 Å². The molecule has 0 saturated heterocycles. The van der Waals surface area contributed by atoms with Gasteiger partial charge >= 0.3 is 0 Å². The normalized spacial score (nSPS) is 13.6. The number of thioether (sulfide) groups is 1. The second-order valence-corrected chi connectivity index (χ2v) is 10.8. The van der Waals surface area contributed by atoms with Crippen LogP contribution in [-0.4, -0.2) is 24.6 Å². The second kappa shape index (κ2) is 9.08. The lowest BCUT2D eigenvalue weighted by Crippen LogP contribution is -2.18. The molecule has 5 rings (SSSR count). The lowest BCUT2D eigenvalue weighted by Gasteiger charge is -2.15. The van der Waals surface area contributed by atoms with Gasteiger partial charge in [-0.1, -0.05) is 36.4 Å². The Morgan fingerprint density at radius 2 is 1.58 bits per heavy atom. The van der Waals surface area contributed by atoms with Crippen LogP contribution in [0, 0.1) is 0 Å². The molecule has 3 aromatic carbocycles. The zero-order valence-corrected chi connectivity index (χ0v) is 19.7. The van der Waals surface area contributed by atoms with Crippen molar-refractivity contribution in [2.24, 2.45) is 0 Å². The van der Waals surface area contributed by atoms with Gasteiger partial charge in [0.05, 0.1) is 16.2 Å². The summed E-state index contributed by atoms with van der Waals surface area (Å²) in [5.41, 5.74) is 3.98. The third-order valence-electron chi connectivity index (χ3n) is 5.95. The molecule has 33 heavy (non-hydrogen) atoms. The number of hydrogen-bond acceptors (Lipinski definition) is 4. The Morgan fingerprint density at radius 3 is 2.36 bits per heavy atom. The van der Waals surface area contributed by atoms with E-state index >= 15 is 0 Å². The van der Waals surface area contributed by atoms with Crippen LogP contribution >= 0.6 is 11.8 Å². The quantitative estimate of drug-likeness (QED) is 0.360. The highest BCUT2D eigenvalue weighted by molar-refractivity contribution is 8.00. The van der Waals surface area contributed by atoms with Gasteiger partial charge in [0.2, 0.25) is 5.91 Å². The summed E-state index contributed by atoms with van der Waals surface area (Å²) < 4.78 is 29.5. The molecular weight excluding hydrogens is 452 g/mol. The number of nitrogens with zero attached hydrogens (tertiary/aromatic N) is 1. The molecule has 4 aromatic rings.